The first kappa shape index (κ1) is 29.5. The van der Waals surface area contributed by atoms with Crippen molar-refractivity contribution in [2.75, 3.05) is 26.4 Å². The highest BCUT2D eigenvalue weighted by molar-refractivity contribution is 6.34. The van der Waals surface area contributed by atoms with E-state index in [-0.39, 0.29) is 54.9 Å². The first-order chi connectivity index (χ1) is 20.2. The Morgan fingerprint density at radius 1 is 1.19 bits per heavy atom. The molecule has 0 saturated carbocycles. The highest BCUT2D eigenvalue weighted by Gasteiger charge is 2.44. The zero-order valence-electron chi connectivity index (χ0n) is 22.3. The van der Waals surface area contributed by atoms with Gasteiger partial charge in [-0.2, -0.15) is 0 Å². The number of fused-ring (bicyclic) bond motifs is 1. The van der Waals surface area contributed by atoms with E-state index in [2.05, 4.69) is 10.3 Å². The van der Waals surface area contributed by atoms with Crippen molar-refractivity contribution < 1.29 is 42.4 Å². The van der Waals surface area contributed by atoms with Crippen molar-refractivity contribution in [3.05, 3.63) is 75.9 Å². The normalized spacial score (nSPS) is 19.5. The largest absolute Gasteiger partial charge is 0.480 e. The number of pyridine rings is 1. The predicted octanol–water partition coefficient (Wildman–Crippen LogP) is 4.80. The maximum absolute atomic E-state index is 16.1. The van der Waals surface area contributed by atoms with Gasteiger partial charge < -0.3 is 35.1 Å². The molecule has 5 rings (SSSR count). The van der Waals surface area contributed by atoms with Gasteiger partial charge in [0.2, 0.25) is 0 Å². The van der Waals surface area contributed by atoms with E-state index in [1.54, 1.807) is 30.3 Å². The molecule has 3 heterocycles. The minimum Gasteiger partial charge on any atom is -0.480 e. The number of nitrogens with zero attached hydrogens (tertiary/aromatic N) is 1. The third-order valence-corrected chi connectivity index (χ3v) is 7.52. The van der Waals surface area contributed by atoms with Crippen LogP contribution in [0.3, 0.4) is 0 Å². The molecule has 1 saturated heterocycles. The van der Waals surface area contributed by atoms with Crippen LogP contribution in [-0.4, -0.2) is 54.7 Å². The molecule has 1 aromatic heterocycles. The number of nitrogens with one attached hydrogen (secondary N) is 1. The number of carboxylic acid groups (broad SMARTS) is 1. The second-order valence-electron chi connectivity index (χ2n) is 9.87. The monoisotopic (exact) mass is 603 g/mol. The molecule has 3 aromatic rings. The van der Waals surface area contributed by atoms with Gasteiger partial charge in [-0.1, -0.05) is 41.9 Å². The summed E-state index contributed by atoms with van der Waals surface area (Å²) in [4.78, 5) is 27.7. The van der Waals surface area contributed by atoms with Crippen molar-refractivity contribution in [3.63, 3.8) is 0 Å². The van der Waals surface area contributed by atoms with E-state index in [0.29, 0.717) is 12.2 Å². The quantitative estimate of drug-likeness (QED) is 0.281. The number of carbonyl (C=O) groups is 2. The number of nitrogens with two attached hydrogens (primary N) is 1. The summed E-state index contributed by atoms with van der Waals surface area (Å²) in [6.07, 6.45) is 1.98. The van der Waals surface area contributed by atoms with E-state index in [1.807, 2.05) is 0 Å². The van der Waals surface area contributed by atoms with Crippen LogP contribution in [0.1, 0.15) is 40.7 Å². The fourth-order valence-electron chi connectivity index (χ4n) is 5.18. The lowest BCUT2D eigenvalue weighted by molar-refractivity contribution is -0.165. The number of hydrogen-bond donors (Lipinski definition) is 3. The minimum atomic E-state index is -1.33. The molecule has 0 aliphatic carbocycles. The molecular weight excluding hydrogens is 576 g/mol. The molecule has 2 amide bonds. The molecule has 0 radical (unpaired) electrons. The molecule has 2 aliphatic heterocycles. The predicted molar refractivity (Wildman–Crippen MR) is 147 cm³/mol. The third kappa shape index (κ3) is 5.96. The Morgan fingerprint density at radius 2 is 1.98 bits per heavy atom. The van der Waals surface area contributed by atoms with Gasteiger partial charge in [0.1, 0.15) is 18.2 Å². The molecular formula is C29H28ClF2N3O7. The van der Waals surface area contributed by atoms with Crippen LogP contribution >= 0.6 is 11.6 Å². The Labute approximate surface area is 244 Å². The van der Waals surface area contributed by atoms with Crippen LogP contribution in [0.5, 0.6) is 11.6 Å². The maximum atomic E-state index is 16.1. The zero-order chi connectivity index (χ0) is 29.9. The van der Waals surface area contributed by atoms with Crippen LogP contribution in [0, 0.1) is 11.6 Å². The third-order valence-electron chi connectivity index (χ3n) is 7.15. The molecule has 2 atom stereocenters. The van der Waals surface area contributed by atoms with Gasteiger partial charge >= 0.3 is 6.09 Å². The van der Waals surface area contributed by atoms with Crippen LogP contribution < -0.4 is 20.5 Å². The second kappa shape index (κ2) is 12.5. The van der Waals surface area contributed by atoms with Crippen molar-refractivity contribution in [2.24, 2.45) is 5.73 Å². The summed E-state index contributed by atoms with van der Waals surface area (Å²) in [5.41, 5.74) is 4.11. The van der Waals surface area contributed by atoms with Gasteiger partial charge in [0.05, 0.1) is 23.7 Å². The van der Waals surface area contributed by atoms with Crippen molar-refractivity contribution >= 4 is 23.6 Å². The van der Waals surface area contributed by atoms with Gasteiger partial charge in [0.15, 0.2) is 17.7 Å². The summed E-state index contributed by atoms with van der Waals surface area (Å²) in [6.45, 7) is 0.369. The Balaban J connectivity index is 1.53. The number of carbonyl (C=O) groups excluding carboxylic acids is 1. The molecule has 2 aliphatic rings. The Kier molecular flexibility index (Phi) is 8.76. The van der Waals surface area contributed by atoms with Gasteiger partial charge in [0.25, 0.3) is 11.8 Å². The van der Waals surface area contributed by atoms with Gasteiger partial charge in [-0.05, 0) is 24.8 Å². The average molecular weight is 604 g/mol. The van der Waals surface area contributed by atoms with Crippen molar-refractivity contribution in [1.29, 1.82) is 0 Å². The van der Waals surface area contributed by atoms with Crippen LogP contribution in [0.2, 0.25) is 5.02 Å². The molecule has 0 bridgehead atoms. The molecule has 13 heteroatoms. The van der Waals surface area contributed by atoms with Gasteiger partial charge in [-0.3, -0.25) is 4.79 Å². The summed E-state index contributed by atoms with van der Waals surface area (Å²) in [7, 11) is 0. The molecule has 10 nitrogen and oxygen atoms in total. The minimum absolute atomic E-state index is 0.00192. The Hall–Kier alpha value is -4.00. The van der Waals surface area contributed by atoms with Gasteiger partial charge in [-0.15, -0.1) is 0 Å². The highest BCUT2D eigenvalue weighted by Crippen LogP contribution is 2.50. The summed E-state index contributed by atoms with van der Waals surface area (Å²) in [5.74, 6) is -3.54. The number of hydrogen-bond acceptors (Lipinski definition) is 7. The summed E-state index contributed by atoms with van der Waals surface area (Å²) >= 11 is 6.44. The number of ether oxygens (including phenoxy) is 4. The van der Waals surface area contributed by atoms with Gasteiger partial charge in [0, 0.05) is 42.0 Å². The lowest BCUT2D eigenvalue weighted by Crippen LogP contribution is -2.43. The molecule has 42 heavy (non-hydrogen) atoms. The number of aromatic nitrogens is 1. The molecule has 4 N–H and O–H groups in total. The number of halogens is 3. The molecule has 2 aromatic carbocycles. The fourth-order valence-corrected chi connectivity index (χ4v) is 5.45. The van der Waals surface area contributed by atoms with E-state index in [0.717, 1.165) is 31.5 Å². The van der Waals surface area contributed by atoms with E-state index in [4.69, 9.17) is 36.3 Å². The highest BCUT2D eigenvalue weighted by atomic mass is 35.5. The zero-order valence-corrected chi connectivity index (χ0v) is 23.1. The van der Waals surface area contributed by atoms with E-state index in [9.17, 15) is 14.7 Å². The SMILES string of the molecule is NC(=O)c1cnc(OCCOC2CCCCO2)c(F)c1-c1c(Cl)c(F)cc2c1C[C@@](CNC(=O)O)(c1ccccc1)O2. The maximum Gasteiger partial charge on any atom is 0.404 e. The Morgan fingerprint density at radius 3 is 2.67 bits per heavy atom. The molecule has 1 fully saturated rings. The second-order valence-corrected chi connectivity index (χ2v) is 10.2. The molecule has 1 unspecified atom stereocenters. The first-order valence-electron chi connectivity index (χ1n) is 13.3. The number of amides is 2. The van der Waals surface area contributed by atoms with Crippen molar-refractivity contribution in [1.82, 2.24) is 10.3 Å². The van der Waals surface area contributed by atoms with Crippen molar-refractivity contribution in [3.8, 4) is 22.8 Å². The van der Waals surface area contributed by atoms with Crippen LogP contribution in [-0.2, 0) is 21.5 Å². The van der Waals surface area contributed by atoms with E-state index in [1.165, 1.54) is 0 Å². The number of benzene rings is 2. The average Bonchev–Trinajstić information content (AvgIpc) is 3.36. The first-order valence-corrected chi connectivity index (χ1v) is 13.6. The van der Waals surface area contributed by atoms with E-state index >= 15 is 8.78 Å². The molecule has 0 spiro atoms. The lowest BCUT2D eigenvalue weighted by atomic mass is 9.85. The topological polar surface area (TPSA) is 142 Å². The van der Waals surface area contributed by atoms with Crippen LogP contribution in [0.25, 0.3) is 11.1 Å². The Bertz CT molecular complexity index is 1490. The fraction of sp³-hybridized carbons (Fsp3) is 0.345. The summed E-state index contributed by atoms with van der Waals surface area (Å²) in [5, 5.41) is 11.2. The smallest absolute Gasteiger partial charge is 0.404 e. The number of rotatable bonds is 10. The van der Waals surface area contributed by atoms with E-state index < -0.39 is 45.7 Å². The van der Waals surface area contributed by atoms with Crippen molar-refractivity contribution in [2.45, 2.75) is 37.6 Å². The van der Waals surface area contributed by atoms with Crippen LogP contribution in [0.15, 0.2) is 42.6 Å². The number of primary amides is 1. The standard InChI is InChI=1S/C29H28ClF2N3O7/c30-24-19(31)12-20-17(13-29(42-20,15-35-28(37)38)16-6-2-1-3-7-16)22(24)23-18(26(33)36)14-34-27(25(23)32)41-11-10-40-21-8-4-5-9-39-21/h1-3,6-7,12,14,21,35H,4-5,8-11,13,15H2,(H2,33,36)(H,37,38)/t21?,29-/m1/s1. The molecule has 222 valence electrons. The van der Waals surface area contributed by atoms with Crippen LogP contribution in [0.4, 0.5) is 13.6 Å². The summed E-state index contributed by atoms with van der Waals surface area (Å²) < 4.78 is 54.2. The lowest BCUT2D eigenvalue weighted by Gasteiger charge is -2.29. The van der Waals surface area contributed by atoms with Gasteiger partial charge in [-0.25, -0.2) is 18.6 Å². The summed E-state index contributed by atoms with van der Waals surface area (Å²) in [6, 6.07) is 9.73.